The summed E-state index contributed by atoms with van der Waals surface area (Å²) in [6, 6.07) is 0.735. The largest absolute Gasteiger partial charge is 0.313 e. The van der Waals surface area contributed by atoms with E-state index < -0.39 is 0 Å². The molecule has 1 heterocycles. The lowest BCUT2D eigenvalue weighted by molar-refractivity contribution is 0.0340. The normalized spacial score (nSPS) is 28.2. The van der Waals surface area contributed by atoms with Crippen LogP contribution in [0.3, 0.4) is 0 Å². The molecule has 1 atom stereocenters. The predicted octanol–water partition coefficient (Wildman–Crippen LogP) is 1.40. The summed E-state index contributed by atoms with van der Waals surface area (Å²) in [5.41, 5.74) is 0.332. The first-order valence-corrected chi connectivity index (χ1v) is 7.20. The fourth-order valence-electron chi connectivity index (χ4n) is 2.92. The zero-order valence-electron chi connectivity index (χ0n) is 12.0. The highest BCUT2D eigenvalue weighted by molar-refractivity contribution is 4.93. The van der Waals surface area contributed by atoms with Gasteiger partial charge in [-0.3, -0.25) is 9.80 Å². The molecule has 2 rings (SSSR count). The van der Waals surface area contributed by atoms with Crippen molar-refractivity contribution in [3.63, 3.8) is 0 Å². The molecule has 0 aromatic rings. The Hall–Kier alpha value is -0.120. The van der Waals surface area contributed by atoms with Crippen LogP contribution in [0.25, 0.3) is 0 Å². The lowest BCUT2D eigenvalue weighted by Gasteiger charge is -2.46. The zero-order valence-corrected chi connectivity index (χ0v) is 12.0. The molecule has 1 unspecified atom stereocenters. The van der Waals surface area contributed by atoms with E-state index in [1.807, 2.05) is 0 Å². The van der Waals surface area contributed by atoms with Gasteiger partial charge in [-0.25, -0.2) is 0 Å². The van der Waals surface area contributed by atoms with Gasteiger partial charge in [0.25, 0.3) is 0 Å². The van der Waals surface area contributed by atoms with Crippen molar-refractivity contribution in [1.82, 2.24) is 15.1 Å². The molecule has 0 amide bonds. The van der Waals surface area contributed by atoms with E-state index >= 15 is 0 Å². The summed E-state index contributed by atoms with van der Waals surface area (Å²) in [5.74, 6) is 0.956. The molecule has 0 bridgehead atoms. The molecule has 0 spiro atoms. The van der Waals surface area contributed by atoms with E-state index in [1.54, 1.807) is 0 Å². The summed E-state index contributed by atoms with van der Waals surface area (Å²) in [6.07, 6.45) is 2.88. The second kappa shape index (κ2) is 5.25. The number of nitrogens with zero attached hydrogens (tertiary/aromatic N) is 2. The maximum atomic E-state index is 3.68. The average Bonchev–Trinajstić information content (AvgIpc) is 3.06. The maximum Gasteiger partial charge on any atom is 0.0277 e. The SMILES string of the molecule is CCNC(CN1CCN(C)C(C)(C)C1)C1CC1. The van der Waals surface area contributed by atoms with Crippen LogP contribution < -0.4 is 5.32 Å². The van der Waals surface area contributed by atoms with Crippen molar-refractivity contribution in [3.05, 3.63) is 0 Å². The summed E-state index contributed by atoms with van der Waals surface area (Å²) in [7, 11) is 2.25. The van der Waals surface area contributed by atoms with Crippen molar-refractivity contribution in [2.75, 3.05) is 39.8 Å². The van der Waals surface area contributed by atoms with Gasteiger partial charge in [-0.2, -0.15) is 0 Å². The quantitative estimate of drug-likeness (QED) is 0.782. The third kappa shape index (κ3) is 3.43. The molecule has 1 saturated carbocycles. The Kier molecular flexibility index (Phi) is 4.11. The van der Waals surface area contributed by atoms with E-state index in [9.17, 15) is 0 Å². The number of likely N-dealkylation sites (N-methyl/N-ethyl adjacent to an activating group) is 2. The fourth-order valence-corrected chi connectivity index (χ4v) is 2.92. The van der Waals surface area contributed by atoms with Crippen molar-refractivity contribution in [3.8, 4) is 0 Å². The minimum atomic E-state index is 0.332. The Morgan fingerprint density at radius 3 is 2.53 bits per heavy atom. The van der Waals surface area contributed by atoms with E-state index in [0.717, 1.165) is 18.5 Å². The number of hydrogen-bond donors (Lipinski definition) is 1. The van der Waals surface area contributed by atoms with Crippen LogP contribution in [-0.2, 0) is 0 Å². The molecule has 2 fully saturated rings. The molecule has 1 aliphatic heterocycles. The molecule has 0 radical (unpaired) electrons. The second-order valence-corrected chi connectivity index (χ2v) is 6.47. The average molecular weight is 239 g/mol. The smallest absolute Gasteiger partial charge is 0.0277 e. The maximum absolute atomic E-state index is 3.68. The molecule has 2 aliphatic rings. The van der Waals surface area contributed by atoms with E-state index in [4.69, 9.17) is 0 Å². The van der Waals surface area contributed by atoms with Gasteiger partial charge in [0.1, 0.15) is 0 Å². The van der Waals surface area contributed by atoms with Gasteiger partial charge in [0.15, 0.2) is 0 Å². The molecule has 17 heavy (non-hydrogen) atoms. The van der Waals surface area contributed by atoms with Gasteiger partial charge in [-0.1, -0.05) is 6.92 Å². The molecule has 0 aromatic carbocycles. The van der Waals surface area contributed by atoms with Crippen LogP contribution in [-0.4, -0.2) is 61.2 Å². The van der Waals surface area contributed by atoms with Gasteiger partial charge in [0, 0.05) is 37.8 Å². The van der Waals surface area contributed by atoms with Gasteiger partial charge in [0.2, 0.25) is 0 Å². The van der Waals surface area contributed by atoms with Crippen LogP contribution >= 0.6 is 0 Å². The molecule has 3 heteroatoms. The number of rotatable bonds is 5. The van der Waals surface area contributed by atoms with Gasteiger partial charge >= 0.3 is 0 Å². The first kappa shape index (κ1) is 13.3. The van der Waals surface area contributed by atoms with Crippen molar-refractivity contribution in [2.24, 2.45) is 5.92 Å². The van der Waals surface area contributed by atoms with Crippen molar-refractivity contribution < 1.29 is 0 Å². The zero-order chi connectivity index (χ0) is 12.5. The predicted molar refractivity (Wildman–Crippen MR) is 73.3 cm³/mol. The standard InChI is InChI=1S/C14H29N3/c1-5-15-13(12-6-7-12)10-17-9-8-16(4)14(2,3)11-17/h12-13,15H,5-11H2,1-4H3. The monoisotopic (exact) mass is 239 g/mol. The first-order valence-electron chi connectivity index (χ1n) is 7.20. The Morgan fingerprint density at radius 1 is 1.29 bits per heavy atom. The van der Waals surface area contributed by atoms with Gasteiger partial charge < -0.3 is 5.32 Å². The van der Waals surface area contributed by atoms with Crippen molar-refractivity contribution >= 4 is 0 Å². The third-order valence-electron chi connectivity index (χ3n) is 4.51. The minimum Gasteiger partial charge on any atom is -0.313 e. The van der Waals surface area contributed by atoms with E-state index in [0.29, 0.717) is 5.54 Å². The minimum absolute atomic E-state index is 0.332. The van der Waals surface area contributed by atoms with Crippen LogP contribution in [0, 0.1) is 5.92 Å². The molecular weight excluding hydrogens is 210 g/mol. The summed E-state index contributed by atoms with van der Waals surface area (Å²) in [4.78, 5) is 5.15. The Morgan fingerprint density at radius 2 is 2.00 bits per heavy atom. The van der Waals surface area contributed by atoms with Gasteiger partial charge in [0.05, 0.1) is 0 Å². The lowest BCUT2D eigenvalue weighted by atomic mass is 9.99. The highest BCUT2D eigenvalue weighted by Crippen LogP contribution is 2.33. The Bertz CT molecular complexity index is 248. The summed E-state index contributed by atoms with van der Waals surface area (Å²) < 4.78 is 0. The molecule has 3 nitrogen and oxygen atoms in total. The van der Waals surface area contributed by atoms with E-state index in [1.165, 1.54) is 39.0 Å². The Labute approximate surface area is 107 Å². The number of piperazine rings is 1. The molecule has 1 saturated heterocycles. The van der Waals surface area contributed by atoms with Crippen LogP contribution in [0.1, 0.15) is 33.6 Å². The molecule has 1 aliphatic carbocycles. The van der Waals surface area contributed by atoms with E-state index in [-0.39, 0.29) is 0 Å². The summed E-state index contributed by atoms with van der Waals surface area (Å²) in [5, 5.41) is 3.68. The van der Waals surface area contributed by atoms with Crippen LogP contribution in [0.15, 0.2) is 0 Å². The van der Waals surface area contributed by atoms with Crippen molar-refractivity contribution in [2.45, 2.75) is 45.2 Å². The lowest BCUT2D eigenvalue weighted by Crippen LogP contribution is -2.59. The highest BCUT2D eigenvalue weighted by Gasteiger charge is 2.35. The number of hydrogen-bond acceptors (Lipinski definition) is 3. The first-order chi connectivity index (χ1) is 8.03. The fraction of sp³-hybridized carbons (Fsp3) is 1.00. The van der Waals surface area contributed by atoms with Gasteiger partial charge in [-0.05, 0) is 46.2 Å². The second-order valence-electron chi connectivity index (χ2n) is 6.47. The highest BCUT2D eigenvalue weighted by atomic mass is 15.3. The topological polar surface area (TPSA) is 18.5 Å². The molecular formula is C14H29N3. The third-order valence-corrected chi connectivity index (χ3v) is 4.51. The number of nitrogens with one attached hydrogen (secondary N) is 1. The molecule has 1 N–H and O–H groups in total. The van der Waals surface area contributed by atoms with E-state index in [2.05, 4.69) is 42.9 Å². The Balaban J connectivity index is 1.85. The van der Waals surface area contributed by atoms with Crippen LogP contribution in [0.4, 0.5) is 0 Å². The summed E-state index contributed by atoms with van der Waals surface area (Å²) in [6.45, 7) is 12.9. The molecule has 0 aromatic heterocycles. The van der Waals surface area contributed by atoms with Crippen molar-refractivity contribution in [1.29, 1.82) is 0 Å². The summed E-state index contributed by atoms with van der Waals surface area (Å²) >= 11 is 0. The van der Waals surface area contributed by atoms with Gasteiger partial charge in [-0.15, -0.1) is 0 Å². The molecule has 100 valence electrons. The van der Waals surface area contributed by atoms with Crippen LogP contribution in [0.2, 0.25) is 0 Å². The van der Waals surface area contributed by atoms with Crippen LogP contribution in [0.5, 0.6) is 0 Å².